The van der Waals surface area contributed by atoms with Crippen molar-refractivity contribution in [3.63, 3.8) is 0 Å². The molecule has 0 radical (unpaired) electrons. The van der Waals surface area contributed by atoms with Crippen LogP contribution in [0.3, 0.4) is 0 Å². The molecule has 2 aromatic rings. The van der Waals surface area contributed by atoms with Gasteiger partial charge in [-0.2, -0.15) is 0 Å². The molecule has 2 heterocycles. The van der Waals surface area contributed by atoms with Crippen molar-refractivity contribution in [2.75, 3.05) is 31.6 Å². The van der Waals surface area contributed by atoms with Crippen LogP contribution in [0.2, 0.25) is 0 Å². The van der Waals surface area contributed by atoms with E-state index in [0.717, 1.165) is 44.4 Å². The molecule has 112 valence electrons. The Morgan fingerprint density at radius 2 is 2.14 bits per heavy atom. The molecular weight excluding hydrogens is 266 g/mol. The average Bonchev–Trinajstić information content (AvgIpc) is 3.20. The maximum Gasteiger partial charge on any atom is 0.169 e. The minimum atomic E-state index is 0.406. The first-order valence-electron chi connectivity index (χ1n) is 7.35. The van der Waals surface area contributed by atoms with E-state index in [4.69, 9.17) is 9.26 Å². The normalized spacial score (nSPS) is 17.1. The summed E-state index contributed by atoms with van der Waals surface area (Å²) >= 11 is 0. The standard InChI is InChI=1S/C16H21N3O2/c1-13-9-16(18-21-13)17-7-8-19(11-15-12-20-15)10-14-5-3-2-4-6-14/h2-6,9,15H,7-8,10-12H2,1H3,(H,17,18). The zero-order valence-corrected chi connectivity index (χ0v) is 12.3. The number of nitrogens with one attached hydrogen (secondary N) is 1. The number of rotatable bonds is 8. The number of aryl methyl sites for hydroxylation is 1. The SMILES string of the molecule is Cc1cc(NCCN(Cc2ccccc2)CC2CO2)no1. The quantitative estimate of drug-likeness (QED) is 0.755. The van der Waals surface area contributed by atoms with Crippen molar-refractivity contribution in [1.29, 1.82) is 0 Å². The van der Waals surface area contributed by atoms with Crippen molar-refractivity contribution < 1.29 is 9.26 Å². The lowest BCUT2D eigenvalue weighted by atomic mass is 10.2. The van der Waals surface area contributed by atoms with Gasteiger partial charge >= 0.3 is 0 Å². The molecule has 3 rings (SSSR count). The van der Waals surface area contributed by atoms with Crippen LogP contribution in [0.5, 0.6) is 0 Å². The molecule has 5 heteroatoms. The first kappa shape index (κ1) is 14.1. The van der Waals surface area contributed by atoms with E-state index in [9.17, 15) is 0 Å². The number of benzene rings is 1. The summed E-state index contributed by atoms with van der Waals surface area (Å²) in [6.07, 6.45) is 0.406. The Kier molecular flexibility index (Phi) is 4.52. The highest BCUT2D eigenvalue weighted by Gasteiger charge is 2.25. The third-order valence-electron chi connectivity index (χ3n) is 3.48. The maximum absolute atomic E-state index is 5.36. The van der Waals surface area contributed by atoms with Crippen LogP contribution in [-0.4, -0.2) is 42.4 Å². The number of epoxide rings is 1. The van der Waals surface area contributed by atoms with Gasteiger partial charge in [-0.1, -0.05) is 35.5 Å². The summed E-state index contributed by atoms with van der Waals surface area (Å²) < 4.78 is 10.4. The smallest absolute Gasteiger partial charge is 0.169 e. The molecule has 0 saturated carbocycles. The Morgan fingerprint density at radius 1 is 1.33 bits per heavy atom. The zero-order valence-electron chi connectivity index (χ0n) is 12.3. The van der Waals surface area contributed by atoms with Crippen molar-refractivity contribution in [1.82, 2.24) is 10.1 Å². The monoisotopic (exact) mass is 287 g/mol. The third kappa shape index (κ3) is 4.58. The molecule has 0 aliphatic carbocycles. The highest BCUT2D eigenvalue weighted by Crippen LogP contribution is 2.13. The van der Waals surface area contributed by atoms with Crippen LogP contribution in [0.25, 0.3) is 0 Å². The van der Waals surface area contributed by atoms with E-state index in [-0.39, 0.29) is 0 Å². The maximum atomic E-state index is 5.36. The lowest BCUT2D eigenvalue weighted by molar-refractivity contribution is 0.242. The van der Waals surface area contributed by atoms with Gasteiger partial charge < -0.3 is 14.6 Å². The molecule has 1 unspecified atom stereocenters. The minimum absolute atomic E-state index is 0.406. The van der Waals surface area contributed by atoms with Gasteiger partial charge in [-0.05, 0) is 12.5 Å². The molecule has 21 heavy (non-hydrogen) atoms. The highest BCUT2D eigenvalue weighted by molar-refractivity contribution is 5.33. The van der Waals surface area contributed by atoms with E-state index in [2.05, 4.69) is 39.6 Å². The fourth-order valence-electron chi connectivity index (χ4n) is 2.33. The van der Waals surface area contributed by atoms with Gasteiger partial charge in [-0.15, -0.1) is 0 Å². The fraction of sp³-hybridized carbons (Fsp3) is 0.438. The van der Waals surface area contributed by atoms with E-state index in [1.54, 1.807) is 0 Å². The van der Waals surface area contributed by atoms with Gasteiger partial charge in [0.25, 0.3) is 0 Å². The van der Waals surface area contributed by atoms with Crippen LogP contribution in [0.1, 0.15) is 11.3 Å². The Balaban J connectivity index is 1.49. The first-order valence-corrected chi connectivity index (χ1v) is 7.35. The predicted molar refractivity (Wildman–Crippen MR) is 81.2 cm³/mol. The van der Waals surface area contributed by atoms with E-state index in [1.165, 1.54) is 5.56 Å². The number of aromatic nitrogens is 1. The van der Waals surface area contributed by atoms with E-state index >= 15 is 0 Å². The van der Waals surface area contributed by atoms with Crippen molar-refractivity contribution in [3.05, 3.63) is 47.7 Å². The molecule has 0 amide bonds. The summed E-state index contributed by atoms with van der Waals surface area (Å²) in [6, 6.07) is 12.4. The molecule has 1 aliphatic rings. The number of ether oxygens (including phenoxy) is 1. The molecule has 1 fully saturated rings. The Hall–Kier alpha value is -1.85. The molecule has 1 aromatic heterocycles. The second kappa shape index (κ2) is 6.74. The van der Waals surface area contributed by atoms with Crippen LogP contribution >= 0.6 is 0 Å². The van der Waals surface area contributed by atoms with Crippen LogP contribution < -0.4 is 5.32 Å². The summed E-state index contributed by atoms with van der Waals surface area (Å²) in [6.45, 7) is 6.49. The van der Waals surface area contributed by atoms with E-state index in [1.807, 2.05) is 19.1 Å². The second-order valence-electron chi connectivity index (χ2n) is 5.43. The molecule has 1 N–H and O–H groups in total. The molecular formula is C16H21N3O2. The van der Waals surface area contributed by atoms with Gasteiger partial charge in [0.15, 0.2) is 5.82 Å². The topological polar surface area (TPSA) is 53.8 Å². The number of hydrogen-bond acceptors (Lipinski definition) is 5. The Bertz CT molecular complexity index is 552. The fourth-order valence-corrected chi connectivity index (χ4v) is 2.33. The summed E-state index contributed by atoms with van der Waals surface area (Å²) in [5.74, 6) is 1.62. The van der Waals surface area contributed by atoms with Crippen LogP contribution in [0, 0.1) is 6.92 Å². The molecule has 5 nitrogen and oxygen atoms in total. The predicted octanol–water partition coefficient (Wildman–Crippen LogP) is 2.30. The van der Waals surface area contributed by atoms with Crippen LogP contribution in [-0.2, 0) is 11.3 Å². The van der Waals surface area contributed by atoms with Crippen molar-refractivity contribution in [2.24, 2.45) is 0 Å². The number of anilines is 1. The van der Waals surface area contributed by atoms with Crippen molar-refractivity contribution >= 4 is 5.82 Å². The van der Waals surface area contributed by atoms with Gasteiger partial charge in [-0.3, -0.25) is 4.90 Å². The highest BCUT2D eigenvalue weighted by atomic mass is 16.6. The molecule has 0 bridgehead atoms. The van der Waals surface area contributed by atoms with Gasteiger partial charge in [0.2, 0.25) is 0 Å². The minimum Gasteiger partial charge on any atom is -0.372 e. The molecule has 0 spiro atoms. The summed E-state index contributed by atoms with van der Waals surface area (Å²) in [5.41, 5.74) is 1.33. The Morgan fingerprint density at radius 3 is 2.81 bits per heavy atom. The first-order chi connectivity index (χ1) is 10.3. The van der Waals surface area contributed by atoms with E-state index < -0.39 is 0 Å². The van der Waals surface area contributed by atoms with Crippen molar-refractivity contribution in [2.45, 2.75) is 19.6 Å². The van der Waals surface area contributed by atoms with Crippen LogP contribution in [0.4, 0.5) is 5.82 Å². The van der Waals surface area contributed by atoms with Gasteiger partial charge in [-0.25, -0.2) is 0 Å². The van der Waals surface area contributed by atoms with Crippen molar-refractivity contribution in [3.8, 4) is 0 Å². The lowest BCUT2D eigenvalue weighted by Crippen LogP contribution is -2.32. The zero-order chi connectivity index (χ0) is 14.5. The van der Waals surface area contributed by atoms with Gasteiger partial charge in [0.05, 0.1) is 12.7 Å². The average molecular weight is 287 g/mol. The largest absolute Gasteiger partial charge is 0.372 e. The van der Waals surface area contributed by atoms with E-state index in [0.29, 0.717) is 6.10 Å². The van der Waals surface area contributed by atoms with Crippen LogP contribution in [0.15, 0.2) is 40.9 Å². The molecule has 1 aliphatic heterocycles. The third-order valence-corrected chi connectivity index (χ3v) is 3.48. The van der Waals surface area contributed by atoms with Gasteiger partial charge in [0, 0.05) is 32.2 Å². The molecule has 1 saturated heterocycles. The number of nitrogens with zero attached hydrogens (tertiary/aromatic N) is 2. The summed E-state index contributed by atoms with van der Waals surface area (Å²) in [7, 11) is 0. The lowest BCUT2D eigenvalue weighted by Gasteiger charge is -2.21. The van der Waals surface area contributed by atoms with Gasteiger partial charge in [0.1, 0.15) is 5.76 Å². The second-order valence-corrected chi connectivity index (χ2v) is 5.43. The Labute approximate surface area is 124 Å². The molecule has 1 atom stereocenters. The molecule has 1 aromatic carbocycles. The number of hydrogen-bond donors (Lipinski definition) is 1. The summed E-state index contributed by atoms with van der Waals surface area (Å²) in [4.78, 5) is 2.41. The summed E-state index contributed by atoms with van der Waals surface area (Å²) in [5, 5.41) is 7.23.